The van der Waals surface area contributed by atoms with E-state index in [2.05, 4.69) is 35.5 Å². The molecule has 0 aliphatic carbocycles. The van der Waals surface area contributed by atoms with Gasteiger partial charge in [-0.2, -0.15) is 5.10 Å². The third-order valence-electron chi connectivity index (χ3n) is 11.9. The van der Waals surface area contributed by atoms with Crippen molar-refractivity contribution in [3.05, 3.63) is 114 Å². The average Bonchev–Trinajstić information content (AvgIpc) is 3.82. The van der Waals surface area contributed by atoms with E-state index in [1.54, 1.807) is 54.7 Å². The second-order valence-corrected chi connectivity index (χ2v) is 16.1. The van der Waals surface area contributed by atoms with Crippen LogP contribution >= 0.6 is 0 Å². The molecular weight excluding hydrogens is 838 g/mol. The Balaban J connectivity index is 0.797. The molecular formula is C46H50FN11O7. The van der Waals surface area contributed by atoms with Gasteiger partial charge in [-0.05, 0) is 74.8 Å². The Morgan fingerprint density at radius 2 is 1.63 bits per heavy atom. The Morgan fingerprint density at radius 1 is 0.908 bits per heavy atom. The largest absolute Gasteiger partial charge is 0.495 e. The Kier molecular flexibility index (Phi) is 13.7. The number of imide groups is 1. The molecule has 5 amide bonds. The van der Waals surface area contributed by atoms with Crippen molar-refractivity contribution in [3.63, 3.8) is 0 Å². The quantitative estimate of drug-likeness (QED) is 0.131. The summed E-state index contributed by atoms with van der Waals surface area (Å²) in [5, 5.41) is 9.62. The maximum Gasteiger partial charge on any atom is 0.361 e. The van der Waals surface area contributed by atoms with Crippen molar-refractivity contribution >= 4 is 46.9 Å². The first-order chi connectivity index (χ1) is 31.5. The number of hydrogen-bond donors (Lipinski definition) is 3. The lowest BCUT2D eigenvalue weighted by Crippen LogP contribution is -2.50. The maximum atomic E-state index is 13.6. The van der Waals surface area contributed by atoms with E-state index in [0.29, 0.717) is 52.6 Å². The molecule has 0 saturated carbocycles. The molecule has 0 bridgehead atoms. The number of nitrogens with zero attached hydrogens (tertiary/aromatic N) is 8. The van der Waals surface area contributed by atoms with E-state index in [-0.39, 0.29) is 42.3 Å². The minimum Gasteiger partial charge on any atom is -0.495 e. The molecule has 3 aliphatic rings. The third kappa shape index (κ3) is 10.6. The zero-order chi connectivity index (χ0) is 45.5. The molecule has 0 spiro atoms. The number of piperidine rings is 1. The number of rotatable bonds is 14. The fraction of sp³-hybridized carbons (Fsp3) is 0.348. The molecule has 65 heavy (non-hydrogen) atoms. The molecule has 338 valence electrons. The van der Waals surface area contributed by atoms with Crippen LogP contribution in [-0.2, 0) is 14.3 Å². The lowest BCUT2D eigenvalue weighted by molar-refractivity contribution is -0.125. The molecule has 4 N–H and O–H groups in total. The Labute approximate surface area is 374 Å². The van der Waals surface area contributed by atoms with Crippen molar-refractivity contribution in [3.8, 4) is 17.0 Å². The van der Waals surface area contributed by atoms with E-state index < -0.39 is 29.8 Å². The van der Waals surface area contributed by atoms with Crippen molar-refractivity contribution in [2.45, 2.75) is 37.8 Å². The summed E-state index contributed by atoms with van der Waals surface area (Å²) in [4.78, 5) is 81.5. The topological polar surface area (TPSA) is 210 Å². The highest BCUT2D eigenvalue weighted by atomic mass is 19.1. The van der Waals surface area contributed by atoms with Gasteiger partial charge in [-0.25, -0.2) is 23.9 Å². The maximum absolute atomic E-state index is 13.6. The summed E-state index contributed by atoms with van der Waals surface area (Å²) in [5.41, 5.74) is 8.52. The third-order valence-corrected chi connectivity index (χ3v) is 11.9. The van der Waals surface area contributed by atoms with Crippen LogP contribution < -0.4 is 26.0 Å². The number of benzene rings is 3. The number of carbonyl (C=O) groups is 5. The second-order valence-electron chi connectivity index (χ2n) is 16.1. The summed E-state index contributed by atoms with van der Waals surface area (Å²) in [7, 11) is 1.50. The highest BCUT2D eigenvalue weighted by Gasteiger charge is 2.31. The van der Waals surface area contributed by atoms with Crippen molar-refractivity contribution in [1.29, 1.82) is 0 Å². The van der Waals surface area contributed by atoms with Crippen molar-refractivity contribution in [1.82, 2.24) is 39.8 Å². The molecule has 5 heterocycles. The van der Waals surface area contributed by atoms with Gasteiger partial charge in [0.15, 0.2) is 11.5 Å². The first-order valence-electron chi connectivity index (χ1n) is 21.6. The molecule has 1 atom stereocenters. The molecule has 3 saturated heterocycles. The van der Waals surface area contributed by atoms with Gasteiger partial charge >= 0.3 is 12.0 Å². The molecule has 18 nitrogen and oxygen atoms in total. The average molecular weight is 888 g/mol. The SMILES string of the molecule is COc1ccc(C(=O)N2CCN(CCCN3CCC(n4cc(-c5cnc(N)c(C(=O)O[C@@H](C(=O)Nc6ccc(F)cc6)c6ccccc6)n5)cn4)CC3)CC2)cc1N1CCC(=O)NC1=O. The fourth-order valence-electron chi connectivity index (χ4n) is 8.27. The zero-order valence-electron chi connectivity index (χ0n) is 35.9. The number of amides is 5. The predicted molar refractivity (Wildman–Crippen MR) is 237 cm³/mol. The lowest BCUT2D eigenvalue weighted by atomic mass is 10.0. The number of carbonyl (C=O) groups excluding carboxylic acids is 5. The monoisotopic (exact) mass is 887 g/mol. The summed E-state index contributed by atoms with van der Waals surface area (Å²) in [5.74, 6) is -2.20. The Morgan fingerprint density at radius 3 is 2.34 bits per heavy atom. The summed E-state index contributed by atoms with van der Waals surface area (Å²) < 4.78 is 26.6. The number of urea groups is 1. The number of nitrogens with two attached hydrogens (primary N) is 1. The summed E-state index contributed by atoms with van der Waals surface area (Å²) >= 11 is 0. The van der Waals surface area contributed by atoms with E-state index in [9.17, 15) is 28.4 Å². The number of likely N-dealkylation sites (tertiary alicyclic amines) is 1. The van der Waals surface area contributed by atoms with Crippen LogP contribution in [0.15, 0.2) is 91.4 Å². The molecule has 0 radical (unpaired) electrons. The number of aromatic nitrogens is 4. The number of ether oxygens (including phenoxy) is 2. The van der Waals surface area contributed by atoms with Crippen molar-refractivity contribution < 1.29 is 37.8 Å². The van der Waals surface area contributed by atoms with Gasteiger partial charge in [-0.1, -0.05) is 30.3 Å². The van der Waals surface area contributed by atoms with E-state index in [1.807, 2.05) is 15.8 Å². The van der Waals surface area contributed by atoms with Crippen molar-refractivity contribution in [2.75, 3.05) is 82.0 Å². The van der Waals surface area contributed by atoms with Crippen LogP contribution in [0.25, 0.3) is 11.3 Å². The van der Waals surface area contributed by atoms with Crippen LogP contribution in [0, 0.1) is 5.82 Å². The summed E-state index contributed by atoms with van der Waals surface area (Å²) in [6.07, 6.45) is 6.63. The van der Waals surface area contributed by atoms with Crippen molar-refractivity contribution in [2.24, 2.45) is 0 Å². The summed E-state index contributed by atoms with van der Waals surface area (Å²) in [6.45, 7) is 6.63. The molecule has 2 aromatic heterocycles. The standard InChI is InChI=1S/C46H50FN11O7/c1-64-38-13-8-31(26-37(38)57-21-16-39(59)53-46(57)63)44(61)56-24-22-55(23-25-56)18-5-17-54-19-14-35(15-20-54)58-29-32(27-50-58)36-28-49-42(48)40(52-36)45(62)65-41(30-6-3-2-4-7-30)43(60)51-34-11-9-33(47)10-12-34/h2-4,6-13,26-29,35,41H,5,14-25H2,1H3,(H2,48,49)(H,51,60)(H,53,59,63)/t41-/m1/s1. The van der Waals surface area contributed by atoms with Gasteiger partial charge in [-0.15, -0.1) is 0 Å². The van der Waals surface area contributed by atoms with E-state index in [4.69, 9.17) is 15.2 Å². The van der Waals surface area contributed by atoms with Gasteiger partial charge in [0.05, 0.1) is 36.9 Å². The first kappa shape index (κ1) is 44.4. The number of halogens is 1. The normalized spacial score (nSPS) is 16.8. The van der Waals surface area contributed by atoms with Crippen LogP contribution in [0.5, 0.6) is 5.75 Å². The van der Waals surface area contributed by atoms with Gasteiger partial charge in [0.1, 0.15) is 11.6 Å². The van der Waals surface area contributed by atoms with Gasteiger partial charge < -0.3 is 30.3 Å². The van der Waals surface area contributed by atoms with E-state index in [0.717, 1.165) is 58.5 Å². The first-order valence-corrected chi connectivity index (χ1v) is 21.6. The number of methoxy groups -OCH3 is 1. The van der Waals surface area contributed by atoms with Gasteiger partial charge in [0.25, 0.3) is 11.8 Å². The number of nitrogen functional groups attached to an aromatic ring is 1. The molecule has 3 aromatic carbocycles. The lowest BCUT2D eigenvalue weighted by Gasteiger charge is -2.36. The highest BCUT2D eigenvalue weighted by Crippen LogP contribution is 2.32. The van der Waals surface area contributed by atoms with Gasteiger partial charge in [0, 0.05) is 80.8 Å². The summed E-state index contributed by atoms with van der Waals surface area (Å²) in [6, 6.07) is 18.4. The minimum atomic E-state index is -1.36. The van der Waals surface area contributed by atoms with Crippen LogP contribution in [0.3, 0.4) is 0 Å². The molecule has 5 aromatic rings. The number of piperazine rings is 1. The molecule has 19 heteroatoms. The highest BCUT2D eigenvalue weighted by molar-refractivity contribution is 6.07. The van der Waals surface area contributed by atoms with Gasteiger partial charge in [-0.3, -0.25) is 34.2 Å². The number of anilines is 3. The van der Waals surface area contributed by atoms with Crippen LogP contribution in [-0.4, -0.2) is 130 Å². The van der Waals surface area contributed by atoms with Crippen LogP contribution in [0.1, 0.15) is 64.2 Å². The molecule has 3 fully saturated rings. The zero-order valence-corrected chi connectivity index (χ0v) is 35.9. The minimum absolute atomic E-state index is 0.110. The molecule has 3 aliphatic heterocycles. The number of hydrogen-bond acceptors (Lipinski definition) is 13. The second kappa shape index (κ2) is 20.1. The fourth-order valence-corrected chi connectivity index (χ4v) is 8.27. The Bertz CT molecular complexity index is 2520. The molecule has 8 rings (SSSR count). The van der Waals surface area contributed by atoms with Gasteiger partial charge in [0.2, 0.25) is 12.0 Å². The van der Waals surface area contributed by atoms with E-state index in [1.165, 1.54) is 42.5 Å². The van der Waals surface area contributed by atoms with Crippen LogP contribution in [0.4, 0.5) is 26.4 Å². The smallest absolute Gasteiger partial charge is 0.361 e. The van der Waals surface area contributed by atoms with E-state index >= 15 is 0 Å². The Hall–Kier alpha value is -7.25. The number of esters is 1. The molecule has 0 unspecified atom stereocenters. The number of nitrogens with one attached hydrogen (secondary N) is 2. The predicted octanol–water partition coefficient (Wildman–Crippen LogP) is 4.54. The van der Waals surface area contributed by atoms with Crippen LogP contribution in [0.2, 0.25) is 0 Å².